The first-order chi connectivity index (χ1) is 9.24. The number of nitrogens with zero attached hydrogens (tertiary/aromatic N) is 1. The van der Waals surface area contributed by atoms with Crippen LogP contribution in [-0.4, -0.2) is 40.5 Å². The molecular formula is C14H25N3O2S. The Balaban J connectivity index is 2.70. The summed E-state index contributed by atoms with van der Waals surface area (Å²) in [5.41, 5.74) is 7.80. The summed E-state index contributed by atoms with van der Waals surface area (Å²) in [4.78, 5) is 2.36. The smallest absolute Gasteiger partial charge is 0.240 e. The minimum atomic E-state index is -3.48. The second-order valence-corrected chi connectivity index (χ2v) is 7.12. The Morgan fingerprint density at radius 1 is 1.20 bits per heavy atom. The average Bonchev–Trinajstić information content (AvgIpc) is 2.32. The maximum atomic E-state index is 12.3. The lowest BCUT2D eigenvalue weighted by atomic mass is 10.1. The molecule has 0 atom stereocenters. The van der Waals surface area contributed by atoms with Gasteiger partial charge in [-0.25, -0.2) is 13.1 Å². The fourth-order valence-electron chi connectivity index (χ4n) is 1.97. The normalized spacial score (nSPS) is 12.1. The fraction of sp³-hybridized carbons (Fsp3) is 0.571. The highest BCUT2D eigenvalue weighted by Gasteiger charge is 2.18. The molecule has 0 heterocycles. The summed E-state index contributed by atoms with van der Waals surface area (Å²) >= 11 is 0. The monoisotopic (exact) mass is 299 g/mol. The van der Waals surface area contributed by atoms with Crippen molar-refractivity contribution in [3.63, 3.8) is 0 Å². The summed E-state index contributed by atoms with van der Waals surface area (Å²) in [6.07, 6.45) is 1.78. The molecular weight excluding hydrogens is 274 g/mol. The Bertz CT molecular complexity index is 554. The molecule has 1 rings (SSSR count). The zero-order valence-corrected chi connectivity index (χ0v) is 13.5. The molecule has 114 valence electrons. The predicted molar refractivity (Wildman–Crippen MR) is 83.3 cm³/mol. The van der Waals surface area contributed by atoms with Crippen LogP contribution in [-0.2, 0) is 10.0 Å². The second-order valence-electron chi connectivity index (χ2n) is 5.39. The number of aryl methyl sites for hydroxylation is 1. The summed E-state index contributed by atoms with van der Waals surface area (Å²) < 4.78 is 27.2. The first kappa shape index (κ1) is 16.9. The van der Waals surface area contributed by atoms with Gasteiger partial charge in [0.25, 0.3) is 0 Å². The largest absolute Gasteiger partial charge is 0.398 e. The number of sulfonamides is 1. The van der Waals surface area contributed by atoms with Crippen LogP contribution in [0, 0.1) is 13.8 Å². The van der Waals surface area contributed by atoms with E-state index in [-0.39, 0.29) is 4.90 Å². The Kier molecular flexibility index (Phi) is 5.98. The van der Waals surface area contributed by atoms with Gasteiger partial charge in [-0.2, -0.15) is 0 Å². The van der Waals surface area contributed by atoms with Gasteiger partial charge in [-0.1, -0.05) is 0 Å². The molecule has 5 nitrogen and oxygen atoms in total. The molecule has 0 saturated heterocycles. The highest BCUT2D eigenvalue weighted by atomic mass is 32.2. The van der Waals surface area contributed by atoms with Crippen molar-refractivity contribution in [2.75, 3.05) is 32.9 Å². The number of nitrogens with two attached hydrogens (primary N) is 1. The number of rotatable bonds is 7. The van der Waals surface area contributed by atoms with Crippen molar-refractivity contribution in [3.8, 4) is 0 Å². The van der Waals surface area contributed by atoms with E-state index in [4.69, 9.17) is 5.73 Å². The van der Waals surface area contributed by atoms with Gasteiger partial charge in [-0.05, 0) is 70.6 Å². The molecule has 0 bridgehead atoms. The van der Waals surface area contributed by atoms with Crippen molar-refractivity contribution in [3.05, 3.63) is 23.3 Å². The number of hydrogen-bond donors (Lipinski definition) is 2. The van der Waals surface area contributed by atoms with Gasteiger partial charge >= 0.3 is 0 Å². The molecule has 0 amide bonds. The maximum absolute atomic E-state index is 12.3. The molecule has 0 aliphatic heterocycles. The van der Waals surface area contributed by atoms with Crippen LogP contribution in [0.15, 0.2) is 17.0 Å². The first-order valence-electron chi connectivity index (χ1n) is 6.75. The van der Waals surface area contributed by atoms with E-state index in [2.05, 4.69) is 9.62 Å². The van der Waals surface area contributed by atoms with Gasteiger partial charge in [-0.3, -0.25) is 0 Å². The third-order valence-electron chi connectivity index (χ3n) is 3.16. The number of benzene rings is 1. The molecule has 0 aliphatic carbocycles. The lowest BCUT2D eigenvalue weighted by molar-refractivity contribution is 0.394. The van der Waals surface area contributed by atoms with Crippen LogP contribution in [0.4, 0.5) is 5.69 Å². The van der Waals surface area contributed by atoms with Crippen LogP contribution >= 0.6 is 0 Å². The summed E-state index contributed by atoms with van der Waals surface area (Å²) in [7, 11) is 0.526. The lowest BCUT2D eigenvalue weighted by Crippen LogP contribution is -2.26. The van der Waals surface area contributed by atoms with E-state index in [1.165, 1.54) is 0 Å². The molecule has 20 heavy (non-hydrogen) atoms. The number of anilines is 1. The molecule has 0 radical (unpaired) electrons. The van der Waals surface area contributed by atoms with Gasteiger partial charge in [0.1, 0.15) is 0 Å². The van der Waals surface area contributed by atoms with Gasteiger partial charge in [-0.15, -0.1) is 0 Å². The van der Waals surface area contributed by atoms with E-state index < -0.39 is 10.0 Å². The van der Waals surface area contributed by atoms with Crippen LogP contribution < -0.4 is 10.5 Å². The Morgan fingerprint density at radius 2 is 1.85 bits per heavy atom. The topological polar surface area (TPSA) is 75.4 Å². The van der Waals surface area contributed by atoms with E-state index in [1.54, 1.807) is 19.1 Å². The molecule has 0 spiro atoms. The molecule has 0 aliphatic rings. The zero-order valence-electron chi connectivity index (χ0n) is 12.7. The maximum Gasteiger partial charge on any atom is 0.240 e. The van der Waals surface area contributed by atoms with Crippen LogP contribution in [0.5, 0.6) is 0 Å². The summed E-state index contributed by atoms with van der Waals surface area (Å²) in [6, 6.07) is 3.44. The molecule has 3 N–H and O–H groups in total. The van der Waals surface area contributed by atoms with Crippen molar-refractivity contribution in [1.82, 2.24) is 9.62 Å². The zero-order chi connectivity index (χ0) is 15.3. The van der Waals surface area contributed by atoms with Gasteiger partial charge in [0.15, 0.2) is 0 Å². The van der Waals surface area contributed by atoms with Crippen molar-refractivity contribution < 1.29 is 8.42 Å². The van der Waals surface area contributed by atoms with E-state index in [9.17, 15) is 8.42 Å². The Hall–Kier alpha value is -1.11. The number of unbranched alkanes of at least 4 members (excludes halogenated alkanes) is 1. The van der Waals surface area contributed by atoms with Gasteiger partial charge in [0.05, 0.1) is 4.90 Å². The summed E-state index contributed by atoms with van der Waals surface area (Å²) in [5, 5.41) is 0. The van der Waals surface area contributed by atoms with Crippen molar-refractivity contribution >= 4 is 15.7 Å². The predicted octanol–water partition coefficient (Wildman–Crippen LogP) is 1.51. The van der Waals surface area contributed by atoms with Crippen molar-refractivity contribution in [2.24, 2.45) is 0 Å². The molecule has 1 aromatic rings. The van der Waals surface area contributed by atoms with Gasteiger partial charge < -0.3 is 10.6 Å². The number of hydrogen-bond acceptors (Lipinski definition) is 4. The molecule has 0 fully saturated rings. The van der Waals surface area contributed by atoms with Crippen LogP contribution in [0.2, 0.25) is 0 Å². The summed E-state index contributed by atoms with van der Waals surface area (Å²) in [6.45, 7) is 4.98. The van der Waals surface area contributed by atoms with Gasteiger partial charge in [0, 0.05) is 12.2 Å². The fourth-order valence-corrected chi connectivity index (χ4v) is 3.40. The van der Waals surface area contributed by atoms with E-state index in [0.29, 0.717) is 17.8 Å². The summed E-state index contributed by atoms with van der Waals surface area (Å²) in [5.74, 6) is 0. The molecule has 0 unspecified atom stereocenters. The van der Waals surface area contributed by atoms with Gasteiger partial charge in [0.2, 0.25) is 10.0 Å². The first-order valence-corrected chi connectivity index (χ1v) is 8.23. The van der Waals surface area contributed by atoms with Crippen LogP contribution in [0.1, 0.15) is 24.0 Å². The third kappa shape index (κ3) is 4.77. The number of nitrogen functional groups attached to an aromatic ring is 1. The highest BCUT2D eigenvalue weighted by molar-refractivity contribution is 7.89. The minimum absolute atomic E-state index is 0.280. The minimum Gasteiger partial charge on any atom is -0.398 e. The Labute approximate surface area is 122 Å². The van der Waals surface area contributed by atoms with Crippen LogP contribution in [0.3, 0.4) is 0 Å². The molecule has 1 aromatic carbocycles. The lowest BCUT2D eigenvalue weighted by Gasteiger charge is -2.13. The van der Waals surface area contributed by atoms with Crippen molar-refractivity contribution in [2.45, 2.75) is 31.6 Å². The SMILES string of the molecule is Cc1cc(N)c(C)c(S(=O)(=O)NCCCCN(C)C)c1. The average molecular weight is 299 g/mol. The van der Waals surface area contributed by atoms with Crippen molar-refractivity contribution in [1.29, 1.82) is 0 Å². The van der Waals surface area contributed by atoms with E-state index >= 15 is 0 Å². The standard InChI is InChI=1S/C14H25N3O2S/c1-11-9-13(15)12(2)14(10-11)20(18,19)16-7-5-6-8-17(3)4/h9-10,16H,5-8,15H2,1-4H3. The second kappa shape index (κ2) is 7.06. The molecule has 0 saturated carbocycles. The third-order valence-corrected chi connectivity index (χ3v) is 4.75. The highest BCUT2D eigenvalue weighted by Crippen LogP contribution is 2.22. The number of nitrogens with one attached hydrogen (secondary N) is 1. The quantitative estimate of drug-likeness (QED) is 0.591. The Morgan fingerprint density at radius 3 is 2.45 bits per heavy atom. The van der Waals surface area contributed by atoms with E-state index in [1.807, 2.05) is 21.0 Å². The van der Waals surface area contributed by atoms with E-state index in [0.717, 1.165) is 24.9 Å². The molecule has 6 heteroatoms. The molecule has 0 aromatic heterocycles. The van der Waals surface area contributed by atoms with Crippen LogP contribution in [0.25, 0.3) is 0 Å².